The lowest BCUT2D eigenvalue weighted by Crippen LogP contribution is -2.16. The number of rotatable bonds is 4. The van der Waals surface area contributed by atoms with E-state index in [2.05, 4.69) is 0 Å². The summed E-state index contributed by atoms with van der Waals surface area (Å²) in [6, 6.07) is 6.20. The summed E-state index contributed by atoms with van der Waals surface area (Å²) in [7, 11) is -3.96. The average Bonchev–Trinajstić information content (AvgIpc) is 2.91. The fourth-order valence-electron chi connectivity index (χ4n) is 1.62. The minimum atomic E-state index is -4.53. The van der Waals surface area contributed by atoms with Crippen LogP contribution in [0.25, 0.3) is 0 Å². The molecule has 21 heavy (non-hydrogen) atoms. The minimum Gasteiger partial charge on any atom is -0.292 e. The van der Waals surface area contributed by atoms with Crippen LogP contribution in [0.4, 0.5) is 13.2 Å². The van der Waals surface area contributed by atoms with E-state index in [9.17, 15) is 26.4 Å². The Morgan fingerprint density at radius 2 is 1.71 bits per heavy atom. The molecule has 8 heteroatoms. The van der Waals surface area contributed by atoms with E-state index in [1.807, 2.05) is 0 Å². The standard InChI is InChI=1S/C13H9F3O3S2/c14-13(15,16)9-3-5-10(6-4-9)21(18,19)8-11(17)12-2-1-7-20-12/h1-7H,8H2. The van der Waals surface area contributed by atoms with Gasteiger partial charge in [-0.2, -0.15) is 13.2 Å². The smallest absolute Gasteiger partial charge is 0.292 e. The van der Waals surface area contributed by atoms with Crippen LogP contribution in [-0.4, -0.2) is 20.0 Å². The van der Waals surface area contributed by atoms with Gasteiger partial charge in [-0.1, -0.05) is 6.07 Å². The van der Waals surface area contributed by atoms with Crippen LogP contribution in [0.1, 0.15) is 15.2 Å². The summed E-state index contributed by atoms with van der Waals surface area (Å²) >= 11 is 1.11. The Bertz CT molecular complexity index is 730. The van der Waals surface area contributed by atoms with Crippen molar-refractivity contribution in [3.8, 4) is 0 Å². The monoisotopic (exact) mass is 334 g/mol. The third-order valence-electron chi connectivity index (χ3n) is 2.66. The van der Waals surface area contributed by atoms with Gasteiger partial charge in [0.1, 0.15) is 5.75 Å². The van der Waals surface area contributed by atoms with Gasteiger partial charge >= 0.3 is 6.18 Å². The summed E-state index contributed by atoms with van der Waals surface area (Å²) in [5.41, 5.74) is -0.939. The third-order valence-corrected chi connectivity index (χ3v) is 5.20. The molecule has 0 N–H and O–H groups in total. The number of thiophene rings is 1. The highest BCUT2D eigenvalue weighted by Gasteiger charge is 2.31. The zero-order chi connectivity index (χ0) is 15.7. The van der Waals surface area contributed by atoms with Crippen LogP contribution in [0.15, 0.2) is 46.7 Å². The van der Waals surface area contributed by atoms with Crippen molar-refractivity contribution < 1.29 is 26.4 Å². The Balaban J connectivity index is 2.22. The van der Waals surface area contributed by atoms with Crippen LogP contribution < -0.4 is 0 Å². The van der Waals surface area contributed by atoms with Gasteiger partial charge in [0.25, 0.3) is 0 Å². The summed E-state index contributed by atoms with van der Waals surface area (Å²) in [5, 5.41) is 1.64. The lowest BCUT2D eigenvalue weighted by atomic mass is 10.2. The van der Waals surface area contributed by atoms with E-state index >= 15 is 0 Å². The molecule has 0 aliphatic rings. The molecule has 2 rings (SSSR count). The molecule has 0 saturated heterocycles. The first-order chi connectivity index (χ1) is 9.70. The Labute approximate surface area is 123 Å². The fraction of sp³-hybridized carbons (Fsp3) is 0.154. The highest BCUT2D eigenvalue weighted by Crippen LogP contribution is 2.30. The topological polar surface area (TPSA) is 51.2 Å². The SMILES string of the molecule is O=C(CS(=O)(=O)c1ccc(C(F)(F)F)cc1)c1cccs1. The molecule has 1 heterocycles. The molecular formula is C13H9F3O3S2. The first kappa shape index (κ1) is 15.7. The first-order valence-corrected chi connectivity index (χ1v) is 8.20. The van der Waals surface area contributed by atoms with Gasteiger partial charge in [0, 0.05) is 0 Å². The van der Waals surface area contributed by atoms with Crippen molar-refractivity contribution in [2.24, 2.45) is 0 Å². The molecule has 1 aromatic carbocycles. The molecule has 0 radical (unpaired) electrons. The van der Waals surface area contributed by atoms with Crippen LogP contribution in [0.3, 0.4) is 0 Å². The number of carbonyl (C=O) groups excluding carboxylic acids is 1. The van der Waals surface area contributed by atoms with E-state index < -0.39 is 33.1 Å². The highest BCUT2D eigenvalue weighted by molar-refractivity contribution is 7.92. The van der Waals surface area contributed by atoms with Gasteiger partial charge in [0.2, 0.25) is 0 Å². The highest BCUT2D eigenvalue weighted by atomic mass is 32.2. The number of hydrogen-bond donors (Lipinski definition) is 0. The van der Waals surface area contributed by atoms with Crippen molar-refractivity contribution >= 4 is 27.0 Å². The van der Waals surface area contributed by atoms with Gasteiger partial charge in [0.15, 0.2) is 15.6 Å². The molecule has 0 saturated carbocycles. The second-order valence-electron chi connectivity index (χ2n) is 4.18. The van der Waals surface area contributed by atoms with Crippen molar-refractivity contribution in [1.29, 1.82) is 0 Å². The number of benzene rings is 1. The van der Waals surface area contributed by atoms with Gasteiger partial charge in [-0.15, -0.1) is 11.3 Å². The predicted octanol–water partition coefficient (Wildman–Crippen LogP) is 3.42. The Kier molecular flexibility index (Phi) is 4.20. The fourth-order valence-corrected chi connectivity index (χ4v) is 3.59. The number of alkyl halides is 3. The molecular weight excluding hydrogens is 325 g/mol. The molecule has 3 nitrogen and oxygen atoms in total. The maximum absolute atomic E-state index is 12.4. The van der Waals surface area contributed by atoms with Crippen LogP contribution in [0.2, 0.25) is 0 Å². The second kappa shape index (κ2) is 5.61. The maximum Gasteiger partial charge on any atom is 0.416 e. The largest absolute Gasteiger partial charge is 0.416 e. The molecule has 0 aliphatic carbocycles. The third kappa shape index (κ3) is 3.70. The molecule has 2 aromatic rings. The lowest BCUT2D eigenvalue weighted by molar-refractivity contribution is -0.137. The van der Waals surface area contributed by atoms with Gasteiger partial charge < -0.3 is 0 Å². The summed E-state index contributed by atoms with van der Waals surface area (Å²) in [5.74, 6) is -1.34. The van der Waals surface area contributed by atoms with Gasteiger partial charge in [0.05, 0.1) is 15.3 Å². The predicted molar refractivity (Wildman–Crippen MR) is 72.1 cm³/mol. The molecule has 0 spiro atoms. The van der Waals surface area contributed by atoms with Gasteiger partial charge in [-0.3, -0.25) is 4.79 Å². The minimum absolute atomic E-state index is 0.297. The van der Waals surface area contributed by atoms with E-state index in [0.717, 1.165) is 23.5 Å². The second-order valence-corrected chi connectivity index (χ2v) is 7.12. The van der Waals surface area contributed by atoms with Crippen molar-refractivity contribution in [3.05, 3.63) is 52.2 Å². The number of Topliss-reactive ketones (excluding diaryl/α,β-unsaturated/α-hetero) is 1. The van der Waals surface area contributed by atoms with Gasteiger partial charge in [-0.25, -0.2) is 8.42 Å². The quantitative estimate of drug-likeness (QED) is 0.805. The van der Waals surface area contributed by atoms with Crippen LogP contribution in [-0.2, 0) is 16.0 Å². The molecule has 112 valence electrons. The molecule has 0 aliphatic heterocycles. The number of ketones is 1. The summed E-state index contributed by atoms with van der Waals surface area (Å²) in [6.07, 6.45) is -4.53. The number of carbonyl (C=O) groups is 1. The van der Waals surface area contributed by atoms with E-state index in [1.54, 1.807) is 11.4 Å². The summed E-state index contributed by atoms with van der Waals surface area (Å²) in [4.78, 5) is 11.8. The summed E-state index contributed by atoms with van der Waals surface area (Å²) in [6.45, 7) is 0. The Morgan fingerprint density at radius 3 is 2.19 bits per heavy atom. The van der Waals surface area contributed by atoms with Crippen molar-refractivity contribution in [1.82, 2.24) is 0 Å². The van der Waals surface area contributed by atoms with E-state index in [0.29, 0.717) is 17.0 Å². The number of hydrogen-bond acceptors (Lipinski definition) is 4. The van der Waals surface area contributed by atoms with E-state index in [-0.39, 0.29) is 4.90 Å². The first-order valence-electron chi connectivity index (χ1n) is 5.67. The Morgan fingerprint density at radius 1 is 1.10 bits per heavy atom. The molecule has 0 fully saturated rings. The van der Waals surface area contributed by atoms with Crippen molar-refractivity contribution in [2.45, 2.75) is 11.1 Å². The van der Waals surface area contributed by atoms with Crippen molar-refractivity contribution in [3.63, 3.8) is 0 Å². The lowest BCUT2D eigenvalue weighted by Gasteiger charge is -2.08. The van der Waals surface area contributed by atoms with Crippen LogP contribution in [0, 0.1) is 0 Å². The van der Waals surface area contributed by atoms with Gasteiger partial charge in [-0.05, 0) is 35.7 Å². The average molecular weight is 334 g/mol. The van der Waals surface area contributed by atoms with E-state index in [1.165, 1.54) is 6.07 Å². The maximum atomic E-state index is 12.4. The molecule has 0 atom stereocenters. The zero-order valence-corrected chi connectivity index (χ0v) is 12.1. The van der Waals surface area contributed by atoms with Crippen molar-refractivity contribution in [2.75, 3.05) is 5.75 Å². The summed E-state index contributed by atoms with van der Waals surface area (Å²) < 4.78 is 61.2. The zero-order valence-electron chi connectivity index (χ0n) is 10.4. The molecule has 1 aromatic heterocycles. The number of sulfone groups is 1. The number of halogens is 3. The van der Waals surface area contributed by atoms with E-state index in [4.69, 9.17) is 0 Å². The normalized spacial score (nSPS) is 12.3. The van der Waals surface area contributed by atoms with Crippen LogP contribution in [0.5, 0.6) is 0 Å². The molecule has 0 bridgehead atoms. The van der Waals surface area contributed by atoms with Crippen LogP contribution >= 0.6 is 11.3 Å². The molecule has 0 unspecified atom stereocenters. The molecule has 0 amide bonds. The Hall–Kier alpha value is -1.67.